The van der Waals surface area contributed by atoms with Gasteiger partial charge in [0.2, 0.25) is 0 Å². The van der Waals surface area contributed by atoms with Gasteiger partial charge in [-0.05, 0) is 13.8 Å². The Morgan fingerprint density at radius 2 is 1.00 bits per heavy atom. The van der Waals surface area contributed by atoms with Gasteiger partial charge in [-0.1, -0.05) is 24.3 Å². The summed E-state index contributed by atoms with van der Waals surface area (Å²) >= 11 is 0. The van der Waals surface area contributed by atoms with Crippen LogP contribution in [0.2, 0.25) is 0 Å². The number of halogens is 4. The van der Waals surface area contributed by atoms with Crippen LogP contribution in [0.5, 0.6) is 0 Å². The van der Waals surface area contributed by atoms with E-state index in [0.717, 1.165) is 24.3 Å². The number of rotatable bonds is 8. The number of ether oxygens (including phenoxy) is 2. The van der Waals surface area contributed by atoms with Gasteiger partial charge in [-0.2, -0.15) is 12.1 Å². The van der Waals surface area contributed by atoms with Crippen molar-refractivity contribution in [2.75, 3.05) is 13.2 Å². The number of hydrogen-bond donors (Lipinski definition) is 0. The van der Waals surface area contributed by atoms with Gasteiger partial charge in [-0.25, -0.2) is 27.2 Å². The second-order valence-corrected chi connectivity index (χ2v) is 6.63. The van der Waals surface area contributed by atoms with Crippen LogP contribution in [0.1, 0.15) is 34.6 Å². The molecule has 0 aliphatic rings. The van der Waals surface area contributed by atoms with Crippen molar-refractivity contribution in [3.63, 3.8) is 0 Å². The van der Waals surface area contributed by atoms with Gasteiger partial charge in [0.1, 0.15) is 24.8 Å². The molecule has 0 amide bonds. The summed E-state index contributed by atoms with van der Waals surface area (Å²) in [5.41, 5.74) is -0.491. The summed E-state index contributed by atoms with van der Waals surface area (Å²) in [7, 11) is 0. The van der Waals surface area contributed by atoms with Crippen LogP contribution in [0, 0.1) is 50.3 Å². The third-order valence-corrected chi connectivity index (χ3v) is 3.69. The molecule has 0 atom stereocenters. The average molecular weight is 556 g/mol. The smallest absolute Gasteiger partial charge is 0.455 e. The molecule has 0 unspecified atom stereocenters. The first-order valence-corrected chi connectivity index (χ1v) is 9.29. The molecule has 2 aromatic carbocycles. The predicted molar refractivity (Wildman–Crippen MR) is 123 cm³/mol. The molecule has 0 N–H and O–H groups in total. The van der Waals surface area contributed by atoms with Crippen LogP contribution in [-0.4, -0.2) is 36.7 Å². The van der Waals surface area contributed by atoms with Crippen LogP contribution in [0.25, 0.3) is 0 Å². The molecule has 0 aromatic heterocycles. The fraction of sp³-hybridized carbons (Fsp3) is 0.154. The molecule has 0 saturated carbocycles. The Morgan fingerprint density at radius 1 is 0.703 bits per heavy atom. The van der Waals surface area contributed by atoms with Gasteiger partial charge in [0, 0.05) is 34.4 Å². The number of hydrogen-bond acceptors (Lipinski definition) is 6. The van der Waals surface area contributed by atoms with Crippen molar-refractivity contribution in [2.45, 2.75) is 13.8 Å². The maximum absolute atomic E-state index is 13.1. The molecule has 2 rings (SSSR count). The fourth-order valence-corrected chi connectivity index (χ4v) is 1.98. The molecule has 11 heteroatoms. The van der Waals surface area contributed by atoms with E-state index in [1.165, 1.54) is 13.8 Å². The fourth-order valence-electron chi connectivity index (χ4n) is 1.98. The number of carbonyl (C=O) groups is 4. The maximum atomic E-state index is 13.1. The van der Waals surface area contributed by atoms with Gasteiger partial charge in [-0.15, -0.1) is 24.3 Å². The molecule has 196 valence electrons. The second-order valence-electron chi connectivity index (χ2n) is 6.63. The Morgan fingerprint density at radius 3 is 1.24 bits per heavy atom. The van der Waals surface area contributed by atoms with Crippen LogP contribution >= 0.6 is 0 Å². The minimum Gasteiger partial charge on any atom is -0.455 e. The zero-order chi connectivity index (χ0) is 26.0. The maximum Gasteiger partial charge on any atom is 4.00 e. The predicted octanol–water partition coefficient (Wildman–Crippen LogP) is 5.03. The van der Waals surface area contributed by atoms with E-state index >= 15 is 0 Å². The summed E-state index contributed by atoms with van der Waals surface area (Å²) in [6.07, 6.45) is 0. The summed E-state index contributed by atoms with van der Waals surface area (Å²) in [5, 5.41) is 0. The number of Topliss-reactive ketones (excluding diaryl/α,β-unsaturated/α-hetero) is 2. The van der Waals surface area contributed by atoms with Gasteiger partial charge in [-0.3, -0.25) is 0 Å². The number of benzene rings is 2. The molecule has 2 aromatic rings. The van der Waals surface area contributed by atoms with Gasteiger partial charge in [0.05, 0.1) is 0 Å². The van der Waals surface area contributed by atoms with Gasteiger partial charge in [0.25, 0.3) is 0 Å². The molecule has 0 heterocycles. The van der Waals surface area contributed by atoms with Crippen molar-refractivity contribution in [3.05, 3.63) is 110 Å². The Labute approximate surface area is 228 Å². The van der Waals surface area contributed by atoms with E-state index in [2.05, 4.69) is 22.6 Å². The van der Waals surface area contributed by atoms with Crippen molar-refractivity contribution in [1.29, 1.82) is 0 Å². The molecular formula is C26H24F4O6Ti. The van der Waals surface area contributed by atoms with Gasteiger partial charge < -0.3 is 33.9 Å². The molecule has 0 aliphatic carbocycles. The summed E-state index contributed by atoms with van der Waals surface area (Å²) in [4.78, 5) is 44.8. The van der Waals surface area contributed by atoms with Crippen molar-refractivity contribution in [1.82, 2.24) is 0 Å². The molecular weight excluding hydrogens is 532 g/mol. The van der Waals surface area contributed by atoms with E-state index in [-0.39, 0.29) is 58.8 Å². The van der Waals surface area contributed by atoms with Gasteiger partial charge >= 0.3 is 33.7 Å². The van der Waals surface area contributed by atoms with Crippen LogP contribution < -0.4 is 0 Å². The largest absolute Gasteiger partial charge is 4.00 e. The first-order valence-electron chi connectivity index (χ1n) is 9.29. The molecule has 0 saturated heterocycles. The molecule has 0 aliphatic heterocycles. The van der Waals surface area contributed by atoms with E-state index in [1.807, 2.05) is 0 Å². The van der Waals surface area contributed by atoms with Crippen LogP contribution in [0.15, 0.2) is 48.6 Å². The van der Waals surface area contributed by atoms with Crippen LogP contribution in [0.4, 0.5) is 17.6 Å². The van der Waals surface area contributed by atoms with Gasteiger partial charge in [0.15, 0.2) is 0 Å². The SMILES string of the molecule is C=C(C)C(=O)OCC(=O)c1ccc(F)[c-]c1F.C=C(C)C(=O)OCC(=O)c1ccc(F)[c-]c1F.[CH3-].[CH3-].[Ti+4]. The summed E-state index contributed by atoms with van der Waals surface area (Å²) in [5.74, 6) is -7.06. The minimum atomic E-state index is -1.11. The number of carbonyl (C=O) groups excluding carboxylic acids is 4. The van der Waals surface area contributed by atoms with E-state index in [4.69, 9.17) is 0 Å². The second kappa shape index (κ2) is 18.0. The molecule has 6 nitrogen and oxygen atoms in total. The zero-order valence-electron chi connectivity index (χ0n) is 20.6. The average Bonchev–Trinajstić information content (AvgIpc) is 2.75. The first kappa shape index (κ1) is 38.2. The number of ketones is 2. The van der Waals surface area contributed by atoms with Crippen molar-refractivity contribution < 1.29 is 67.9 Å². The molecule has 37 heavy (non-hydrogen) atoms. The van der Waals surface area contributed by atoms with Crippen molar-refractivity contribution in [2.24, 2.45) is 0 Å². The Bertz CT molecular complexity index is 1060. The molecule has 0 spiro atoms. The van der Waals surface area contributed by atoms with Crippen molar-refractivity contribution in [3.8, 4) is 0 Å². The molecule has 0 radical (unpaired) electrons. The van der Waals surface area contributed by atoms with E-state index in [1.54, 1.807) is 12.1 Å². The molecule has 0 fully saturated rings. The molecule has 0 bridgehead atoms. The van der Waals surface area contributed by atoms with E-state index in [0.29, 0.717) is 0 Å². The standard InChI is InChI=1S/2C12H9F2O3.2CH3.Ti/c2*1-7(2)12(16)17-6-11(15)9-4-3-8(13)5-10(9)14;;;/h2*3-4H,1,6H2,2H3;2*1H3;/q4*-1;+4. The van der Waals surface area contributed by atoms with Crippen LogP contribution in [-0.2, 0) is 40.8 Å². The van der Waals surface area contributed by atoms with E-state index < -0.39 is 60.0 Å². The third-order valence-electron chi connectivity index (χ3n) is 3.69. The summed E-state index contributed by atoms with van der Waals surface area (Å²) in [6.45, 7) is 8.22. The summed E-state index contributed by atoms with van der Waals surface area (Å²) in [6, 6.07) is 7.18. The van der Waals surface area contributed by atoms with E-state index in [9.17, 15) is 36.7 Å². The monoisotopic (exact) mass is 556 g/mol. The zero-order valence-corrected chi connectivity index (χ0v) is 22.2. The normalized spacial score (nSPS) is 9.03. The quantitative estimate of drug-likeness (QED) is 0.113. The number of esters is 2. The first-order chi connectivity index (χ1) is 15.8. The third kappa shape index (κ3) is 12.9. The Hall–Kier alpha value is -3.37. The topological polar surface area (TPSA) is 86.7 Å². The Balaban J connectivity index is -0.000000578. The van der Waals surface area contributed by atoms with Crippen LogP contribution in [0.3, 0.4) is 0 Å². The van der Waals surface area contributed by atoms with Crippen molar-refractivity contribution >= 4 is 23.5 Å². The Kier molecular flexibility index (Phi) is 18.5. The minimum absolute atomic E-state index is 0. The summed E-state index contributed by atoms with van der Waals surface area (Å²) < 4.78 is 60.4.